The standard InChI is InChI=1S/C16H19NO2S2/c1-16(2,3)19-15(18)17-10-13-9-14(11-20-13)21-12-7-5-4-6-8-12/h4-9,11H,10H2,1-3H3,(H,17,18). The van der Waals surface area contributed by atoms with Gasteiger partial charge in [-0.2, -0.15) is 0 Å². The summed E-state index contributed by atoms with van der Waals surface area (Å²) in [7, 11) is 0. The van der Waals surface area contributed by atoms with E-state index < -0.39 is 5.60 Å². The van der Waals surface area contributed by atoms with Crippen LogP contribution in [0, 0.1) is 0 Å². The largest absolute Gasteiger partial charge is 0.444 e. The van der Waals surface area contributed by atoms with E-state index in [0.29, 0.717) is 6.54 Å². The molecule has 112 valence electrons. The molecule has 1 aromatic carbocycles. The van der Waals surface area contributed by atoms with Crippen LogP contribution in [0.5, 0.6) is 0 Å². The number of alkyl carbamates (subject to hydrolysis) is 1. The number of nitrogens with one attached hydrogen (secondary N) is 1. The van der Waals surface area contributed by atoms with Crippen molar-refractivity contribution in [2.24, 2.45) is 0 Å². The van der Waals surface area contributed by atoms with E-state index in [-0.39, 0.29) is 6.09 Å². The van der Waals surface area contributed by atoms with Crippen molar-refractivity contribution >= 4 is 29.2 Å². The molecule has 0 aliphatic heterocycles. The monoisotopic (exact) mass is 321 g/mol. The molecule has 0 aliphatic rings. The highest BCUT2D eigenvalue weighted by atomic mass is 32.2. The number of amides is 1. The summed E-state index contributed by atoms with van der Waals surface area (Å²) in [5.41, 5.74) is -0.464. The predicted molar refractivity (Wildman–Crippen MR) is 88.0 cm³/mol. The van der Waals surface area contributed by atoms with Gasteiger partial charge in [0, 0.05) is 20.0 Å². The molecule has 1 N–H and O–H groups in total. The second-order valence-electron chi connectivity index (χ2n) is 5.52. The van der Waals surface area contributed by atoms with Crippen LogP contribution in [-0.2, 0) is 11.3 Å². The minimum atomic E-state index is -0.464. The van der Waals surface area contributed by atoms with Crippen LogP contribution in [0.1, 0.15) is 25.6 Å². The van der Waals surface area contributed by atoms with Crippen molar-refractivity contribution in [3.8, 4) is 0 Å². The van der Waals surface area contributed by atoms with Crippen LogP contribution < -0.4 is 5.32 Å². The Morgan fingerprint density at radius 1 is 1.24 bits per heavy atom. The molecule has 5 heteroatoms. The summed E-state index contributed by atoms with van der Waals surface area (Å²) in [5, 5.41) is 4.87. The molecule has 2 aromatic rings. The lowest BCUT2D eigenvalue weighted by Gasteiger charge is -2.19. The van der Waals surface area contributed by atoms with E-state index in [4.69, 9.17) is 4.74 Å². The molecule has 0 fully saturated rings. The van der Waals surface area contributed by atoms with Crippen LogP contribution in [0.4, 0.5) is 4.79 Å². The summed E-state index contributed by atoms with van der Waals surface area (Å²) >= 11 is 3.36. The number of ether oxygens (including phenoxy) is 1. The minimum absolute atomic E-state index is 0.381. The van der Waals surface area contributed by atoms with Crippen LogP contribution in [0.3, 0.4) is 0 Å². The van der Waals surface area contributed by atoms with Gasteiger partial charge < -0.3 is 10.1 Å². The second-order valence-corrected chi connectivity index (χ2v) is 7.66. The van der Waals surface area contributed by atoms with Gasteiger partial charge >= 0.3 is 6.09 Å². The molecule has 0 radical (unpaired) electrons. The van der Waals surface area contributed by atoms with E-state index in [1.807, 2.05) is 39.0 Å². The predicted octanol–water partition coefficient (Wildman–Crippen LogP) is 4.92. The Balaban J connectivity index is 1.85. The fraction of sp³-hybridized carbons (Fsp3) is 0.312. The van der Waals surface area contributed by atoms with Gasteiger partial charge in [0.15, 0.2) is 0 Å². The average Bonchev–Trinajstić information content (AvgIpc) is 2.83. The lowest BCUT2D eigenvalue weighted by molar-refractivity contribution is 0.0524. The molecule has 21 heavy (non-hydrogen) atoms. The minimum Gasteiger partial charge on any atom is -0.444 e. The topological polar surface area (TPSA) is 38.3 Å². The number of carbonyl (C=O) groups excluding carboxylic acids is 1. The van der Waals surface area contributed by atoms with Crippen LogP contribution in [0.15, 0.2) is 51.6 Å². The summed E-state index contributed by atoms with van der Waals surface area (Å²) < 4.78 is 5.21. The molecule has 0 spiro atoms. The molecule has 3 nitrogen and oxygen atoms in total. The molecule has 1 heterocycles. The third-order valence-electron chi connectivity index (χ3n) is 2.41. The van der Waals surface area contributed by atoms with Crippen molar-refractivity contribution in [2.75, 3.05) is 0 Å². The zero-order valence-corrected chi connectivity index (χ0v) is 14.0. The van der Waals surface area contributed by atoms with Crippen molar-refractivity contribution < 1.29 is 9.53 Å². The van der Waals surface area contributed by atoms with Gasteiger partial charge in [-0.3, -0.25) is 0 Å². The van der Waals surface area contributed by atoms with E-state index in [9.17, 15) is 4.79 Å². The fourth-order valence-electron chi connectivity index (χ4n) is 1.60. The van der Waals surface area contributed by atoms with E-state index in [2.05, 4.69) is 28.9 Å². The molecule has 2 rings (SSSR count). The van der Waals surface area contributed by atoms with Crippen molar-refractivity contribution in [3.63, 3.8) is 0 Å². The summed E-state index contributed by atoms with van der Waals surface area (Å²) in [5.74, 6) is 0. The number of thiophene rings is 1. The molecule has 0 saturated carbocycles. The molecular formula is C16H19NO2S2. The third kappa shape index (κ3) is 5.81. The highest BCUT2D eigenvalue weighted by Crippen LogP contribution is 2.31. The third-order valence-corrected chi connectivity index (χ3v) is 4.48. The summed E-state index contributed by atoms with van der Waals surface area (Å²) in [6.07, 6.45) is -0.381. The van der Waals surface area contributed by atoms with Crippen molar-refractivity contribution in [1.82, 2.24) is 5.32 Å². The van der Waals surface area contributed by atoms with Crippen LogP contribution in [0.25, 0.3) is 0 Å². The fourth-order valence-corrected chi connectivity index (χ4v) is 3.47. The van der Waals surface area contributed by atoms with Gasteiger partial charge in [0.1, 0.15) is 5.60 Å². The average molecular weight is 321 g/mol. The first-order chi connectivity index (χ1) is 9.92. The lowest BCUT2D eigenvalue weighted by Crippen LogP contribution is -2.31. The quantitative estimate of drug-likeness (QED) is 0.868. The molecule has 0 bridgehead atoms. The van der Waals surface area contributed by atoms with Gasteiger partial charge in [0.25, 0.3) is 0 Å². The molecule has 0 atom stereocenters. The smallest absolute Gasteiger partial charge is 0.407 e. The Kier molecular flexibility index (Phi) is 5.31. The number of rotatable bonds is 4. The Labute approximate surface area is 133 Å². The number of hydrogen-bond acceptors (Lipinski definition) is 4. The first-order valence-electron chi connectivity index (χ1n) is 6.69. The molecule has 1 amide bonds. The van der Waals surface area contributed by atoms with Crippen molar-refractivity contribution in [2.45, 2.75) is 42.7 Å². The van der Waals surface area contributed by atoms with Gasteiger partial charge in [-0.05, 0) is 39.0 Å². The SMILES string of the molecule is CC(C)(C)OC(=O)NCc1cc(Sc2ccccc2)cs1. The lowest BCUT2D eigenvalue weighted by atomic mass is 10.2. The Morgan fingerprint density at radius 2 is 1.95 bits per heavy atom. The van der Waals surface area contributed by atoms with Crippen LogP contribution >= 0.6 is 23.1 Å². The number of benzene rings is 1. The Hall–Kier alpha value is -1.46. The highest BCUT2D eigenvalue weighted by molar-refractivity contribution is 7.99. The zero-order valence-electron chi connectivity index (χ0n) is 12.4. The molecular weight excluding hydrogens is 302 g/mol. The van der Waals surface area contributed by atoms with E-state index in [1.165, 1.54) is 9.79 Å². The first-order valence-corrected chi connectivity index (χ1v) is 8.39. The summed E-state index contributed by atoms with van der Waals surface area (Å²) in [4.78, 5) is 15.1. The molecule has 0 aliphatic carbocycles. The zero-order chi connectivity index (χ0) is 15.3. The molecule has 0 unspecified atom stereocenters. The Bertz CT molecular complexity index is 588. The van der Waals surface area contributed by atoms with Crippen molar-refractivity contribution in [3.05, 3.63) is 46.7 Å². The Morgan fingerprint density at radius 3 is 2.62 bits per heavy atom. The van der Waals surface area contributed by atoms with E-state index in [1.54, 1.807) is 23.1 Å². The first kappa shape index (κ1) is 15.9. The maximum absolute atomic E-state index is 11.6. The summed E-state index contributed by atoms with van der Waals surface area (Å²) in [6, 6.07) is 12.3. The van der Waals surface area contributed by atoms with Crippen LogP contribution in [-0.4, -0.2) is 11.7 Å². The summed E-state index contributed by atoms with van der Waals surface area (Å²) in [6.45, 7) is 6.06. The number of carbonyl (C=O) groups is 1. The van der Waals surface area contributed by atoms with Gasteiger partial charge in [0.05, 0.1) is 6.54 Å². The van der Waals surface area contributed by atoms with Gasteiger partial charge in [-0.25, -0.2) is 4.79 Å². The van der Waals surface area contributed by atoms with E-state index in [0.717, 1.165) is 4.88 Å². The molecule has 1 aromatic heterocycles. The van der Waals surface area contributed by atoms with Crippen molar-refractivity contribution in [1.29, 1.82) is 0 Å². The normalized spacial score (nSPS) is 11.2. The maximum atomic E-state index is 11.6. The number of hydrogen-bond donors (Lipinski definition) is 1. The maximum Gasteiger partial charge on any atom is 0.407 e. The van der Waals surface area contributed by atoms with Crippen LogP contribution in [0.2, 0.25) is 0 Å². The van der Waals surface area contributed by atoms with Gasteiger partial charge in [-0.1, -0.05) is 30.0 Å². The van der Waals surface area contributed by atoms with E-state index >= 15 is 0 Å². The van der Waals surface area contributed by atoms with Gasteiger partial charge in [0.2, 0.25) is 0 Å². The van der Waals surface area contributed by atoms with Gasteiger partial charge in [-0.15, -0.1) is 11.3 Å². The second kappa shape index (κ2) is 7.00. The molecule has 0 saturated heterocycles. The highest BCUT2D eigenvalue weighted by Gasteiger charge is 2.15.